The highest BCUT2D eigenvalue weighted by molar-refractivity contribution is 5.93. The molecule has 0 fully saturated rings. The third-order valence-electron chi connectivity index (χ3n) is 2.08. The van der Waals surface area contributed by atoms with E-state index in [9.17, 15) is 9.59 Å². The number of carbonyl (C=O) groups excluding carboxylic acids is 2. The lowest BCUT2D eigenvalue weighted by molar-refractivity contribution is -0.120. The first kappa shape index (κ1) is 11.7. The van der Waals surface area contributed by atoms with Crippen LogP contribution in [0.15, 0.2) is 11.8 Å². The predicted molar refractivity (Wildman–Crippen MR) is 55.2 cm³/mol. The summed E-state index contributed by atoms with van der Waals surface area (Å²) in [5.41, 5.74) is 0.849. The topological polar surface area (TPSA) is 67.4 Å². The third-order valence-corrected chi connectivity index (χ3v) is 2.08. The number of hydrogen-bond acceptors (Lipinski definition) is 4. The molecule has 0 aromatic heterocycles. The van der Waals surface area contributed by atoms with Gasteiger partial charge in [-0.25, -0.2) is 0 Å². The van der Waals surface area contributed by atoms with Crippen molar-refractivity contribution >= 4 is 11.7 Å². The number of ketones is 1. The highest BCUT2D eigenvalue weighted by Gasteiger charge is 2.11. The van der Waals surface area contributed by atoms with E-state index in [0.717, 1.165) is 5.70 Å². The highest BCUT2D eigenvalue weighted by Crippen LogP contribution is 2.10. The van der Waals surface area contributed by atoms with Gasteiger partial charge in [-0.3, -0.25) is 9.59 Å². The van der Waals surface area contributed by atoms with E-state index in [1.165, 1.54) is 0 Å². The number of carbonyl (C=O) groups is 2. The van der Waals surface area contributed by atoms with Gasteiger partial charge in [0, 0.05) is 31.8 Å². The first-order chi connectivity index (χ1) is 7.22. The monoisotopic (exact) mass is 212 g/mol. The van der Waals surface area contributed by atoms with Crippen LogP contribution in [0.25, 0.3) is 0 Å². The van der Waals surface area contributed by atoms with Gasteiger partial charge in [-0.05, 0) is 6.42 Å². The first-order valence-corrected chi connectivity index (χ1v) is 4.95. The van der Waals surface area contributed by atoms with Gasteiger partial charge < -0.3 is 15.4 Å². The van der Waals surface area contributed by atoms with E-state index >= 15 is 0 Å². The van der Waals surface area contributed by atoms with Crippen LogP contribution in [0, 0.1) is 0 Å². The zero-order valence-electron chi connectivity index (χ0n) is 8.84. The fraction of sp³-hybridized carbons (Fsp3) is 0.600. The quantitative estimate of drug-likeness (QED) is 0.587. The van der Waals surface area contributed by atoms with E-state index in [2.05, 4.69) is 10.6 Å². The molecular formula is C10H16N2O3. The van der Waals surface area contributed by atoms with E-state index in [0.29, 0.717) is 26.0 Å². The zero-order valence-corrected chi connectivity index (χ0v) is 8.84. The summed E-state index contributed by atoms with van der Waals surface area (Å²) in [5.74, 6) is 0.0320. The lowest BCUT2D eigenvalue weighted by atomic mass is 10.3. The smallest absolute Gasteiger partial charge is 0.239 e. The zero-order chi connectivity index (χ0) is 11.1. The average molecular weight is 212 g/mol. The second kappa shape index (κ2) is 6.19. The van der Waals surface area contributed by atoms with Crippen molar-refractivity contribution in [2.24, 2.45) is 0 Å². The number of hydrogen-bond donors (Lipinski definition) is 2. The summed E-state index contributed by atoms with van der Waals surface area (Å²) in [6, 6.07) is 0. The van der Waals surface area contributed by atoms with Gasteiger partial charge in [-0.1, -0.05) is 0 Å². The van der Waals surface area contributed by atoms with Crippen molar-refractivity contribution in [2.45, 2.75) is 12.8 Å². The number of methoxy groups -OCH3 is 1. The molecule has 0 aliphatic heterocycles. The Bertz CT molecular complexity index is 274. The number of ether oxygens (including phenoxy) is 1. The number of rotatable bonds is 6. The summed E-state index contributed by atoms with van der Waals surface area (Å²) in [4.78, 5) is 22.1. The molecule has 0 saturated carbocycles. The van der Waals surface area contributed by atoms with E-state index < -0.39 is 0 Å². The highest BCUT2D eigenvalue weighted by atomic mass is 16.5. The molecular weight excluding hydrogens is 196 g/mol. The summed E-state index contributed by atoms with van der Waals surface area (Å²) in [5, 5.41) is 5.61. The Balaban J connectivity index is 2.11. The summed E-state index contributed by atoms with van der Waals surface area (Å²) < 4.78 is 4.79. The molecule has 0 unspecified atom stereocenters. The molecule has 0 heterocycles. The SMILES string of the molecule is COCCNC(=O)CNC1=CC(=O)CC1. The minimum atomic E-state index is -0.0905. The summed E-state index contributed by atoms with van der Waals surface area (Å²) in [6.07, 6.45) is 2.82. The molecule has 0 bridgehead atoms. The molecule has 84 valence electrons. The lowest BCUT2D eigenvalue weighted by Crippen LogP contribution is -2.35. The van der Waals surface area contributed by atoms with E-state index in [1.807, 2.05) is 0 Å². The molecule has 5 nitrogen and oxygen atoms in total. The molecule has 1 aliphatic carbocycles. The molecule has 0 atom stereocenters. The molecule has 15 heavy (non-hydrogen) atoms. The Hall–Kier alpha value is -1.36. The van der Waals surface area contributed by atoms with Gasteiger partial charge in [0.05, 0.1) is 13.2 Å². The fourth-order valence-corrected chi connectivity index (χ4v) is 1.28. The van der Waals surface area contributed by atoms with Gasteiger partial charge in [-0.2, -0.15) is 0 Å². The third kappa shape index (κ3) is 4.60. The fourth-order valence-electron chi connectivity index (χ4n) is 1.28. The van der Waals surface area contributed by atoms with Crippen LogP contribution >= 0.6 is 0 Å². The van der Waals surface area contributed by atoms with Crippen molar-refractivity contribution in [3.05, 3.63) is 11.8 Å². The Kier molecular flexibility index (Phi) is 4.83. The Morgan fingerprint density at radius 3 is 2.93 bits per heavy atom. The van der Waals surface area contributed by atoms with Gasteiger partial charge in [0.1, 0.15) is 0 Å². The van der Waals surface area contributed by atoms with Crippen LogP contribution in [-0.4, -0.2) is 38.5 Å². The molecule has 1 amide bonds. The maximum atomic E-state index is 11.2. The van der Waals surface area contributed by atoms with Crippen LogP contribution in [0.3, 0.4) is 0 Å². The van der Waals surface area contributed by atoms with Crippen LogP contribution in [0.1, 0.15) is 12.8 Å². The van der Waals surface area contributed by atoms with Crippen LogP contribution < -0.4 is 10.6 Å². The summed E-state index contributed by atoms with van der Waals surface area (Å²) in [7, 11) is 1.58. The first-order valence-electron chi connectivity index (χ1n) is 4.95. The predicted octanol–water partition coefficient (Wildman–Crippen LogP) is -0.415. The van der Waals surface area contributed by atoms with Crippen molar-refractivity contribution in [3.63, 3.8) is 0 Å². The number of amides is 1. The van der Waals surface area contributed by atoms with Crippen LogP contribution in [0.2, 0.25) is 0 Å². The van der Waals surface area contributed by atoms with E-state index in [4.69, 9.17) is 4.74 Å². The van der Waals surface area contributed by atoms with Gasteiger partial charge >= 0.3 is 0 Å². The largest absolute Gasteiger partial charge is 0.383 e. The van der Waals surface area contributed by atoms with E-state index in [-0.39, 0.29) is 18.2 Å². The van der Waals surface area contributed by atoms with Crippen molar-refractivity contribution in [1.82, 2.24) is 10.6 Å². The second-order valence-corrected chi connectivity index (χ2v) is 3.33. The van der Waals surface area contributed by atoms with Crippen molar-refractivity contribution in [1.29, 1.82) is 0 Å². The van der Waals surface area contributed by atoms with Crippen LogP contribution in [0.5, 0.6) is 0 Å². The standard InChI is InChI=1S/C10H16N2O3/c1-15-5-4-11-10(14)7-12-8-2-3-9(13)6-8/h6,12H,2-5,7H2,1H3,(H,11,14). The minimum absolute atomic E-state index is 0.0905. The van der Waals surface area contributed by atoms with Crippen LogP contribution in [0.4, 0.5) is 0 Å². The van der Waals surface area contributed by atoms with Gasteiger partial charge in [0.25, 0.3) is 0 Å². The molecule has 0 spiro atoms. The Morgan fingerprint density at radius 2 is 2.33 bits per heavy atom. The van der Waals surface area contributed by atoms with Crippen molar-refractivity contribution < 1.29 is 14.3 Å². The average Bonchev–Trinajstić information content (AvgIpc) is 2.62. The van der Waals surface area contributed by atoms with Crippen molar-refractivity contribution in [2.75, 3.05) is 26.8 Å². The molecule has 0 saturated heterocycles. The number of nitrogens with one attached hydrogen (secondary N) is 2. The molecule has 0 aromatic carbocycles. The Morgan fingerprint density at radius 1 is 1.53 bits per heavy atom. The van der Waals surface area contributed by atoms with E-state index in [1.54, 1.807) is 13.2 Å². The maximum Gasteiger partial charge on any atom is 0.239 e. The molecule has 1 rings (SSSR count). The summed E-state index contributed by atoms with van der Waals surface area (Å²) in [6.45, 7) is 1.23. The molecule has 2 N–H and O–H groups in total. The van der Waals surface area contributed by atoms with Gasteiger partial charge in [-0.15, -0.1) is 0 Å². The molecule has 0 radical (unpaired) electrons. The second-order valence-electron chi connectivity index (χ2n) is 3.33. The minimum Gasteiger partial charge on any atom is -0.383 e. The molecule has 1 aliphatic rings. The summed E-state index contributed by atoms with van der Waals surface area (Å²) >= 11 is 0. The molecule has 0 aromatic rings. The normalized spacial score (nSPS) is 15.0. The molecule has 5 heteroatoms. The Labute approximate surface area is 88.9 Å². The van der Waals surface area contributed by atoms with Gasteiger partial charge in [0.2, 0.25) is 5.91 Å². The van der Waals surface area contributed by atoms with Crippen LogP contribution in [-0.2, 0) is 14.3 Å². The maximum absolute atomic E-state index is 11.2. The number of allylic oxidation sites excluding steroid dienone is 2. The van der Waals surface area contributed by atoms with Gasteiger partial charge in [0.15, 0.2) is 5.78 Å². The lowest BCUT2D eigenvalue weighted by Gasteiger charge is -2.07. The van der Waals surface area contributed by atoms with Crippen molar-refractivity contribution in [3.8, 4) is 0 Å².